The summed E-state index contributed by atoms with van der Waals surface area (Å²) in [6.07, 6.45) is 0. The van der Waals surface area contributed by atoms with Gasteiger partial charge < -0.3 is 14.0 Å². The van der Waals surface area contributed by atoms with E-state index in [1.54, 1.807) is 7.11 Å². The molecule has 1 aromatic heterocycles. The van der Waals surface area contributed by atoms with Gasteiger partial charge in [0.15, 0.2) is 0 Å². The molecule has 0 saturated heterocycles. The lowest BCUT2D eigenvalue weighted by Gasteiger charge is -2.08. The average molecular weight is 342 g/mol. The summed E-state index contributed by atoms with van der Waals surface area (Å²) in [6.45, 7) is 10.0. The van der Waals surface area contributed by atoms with Gasteiger partial charge in [-0.05, 0) is 47.0 Å². The second kappa shape index (κ2) is 8.45. The average Bonchev–Trinajstić information content (AvgIpc) is 2.70. The quantitative estimate of drug-likeness (QED) is 0.582. The highest BCUT2D eigenvalue weighted by Crippen LogP contribution is 2.30. The Morgan fingerprint density at radius 1 is 1.20 bits per heavy atom. The van der Waals surface area contributed by atoms with Crippen LogP contribution in [0.4, 0.5) is 0 Å². The first-order valence-electron chi connectivity index (χ1n) is 6.96. The monoisotopic (exact) mass is 341 g/mol. The van der Waals surface area contributed by atoms with Crippen LogP contribution < -0.4 is 0 Å². The summed E-state index contributed by atoms with van der Waals surface area (Å²) in [4.78, 5) is 0. The van der Waals surface area contributed by atoms with E-state index in [4.69, 9.17) is 9.47 Å². The summed E-state index contributed by atoms with van der Waals surface area (Å²) in [6, 6.07) is 6.54. The largest absolute Gasteiger partial charge is 0.359 e. The Morgan fingerprint density at radius 2 is 1.90 bits per heavy atom. The molecule has 0 bridgehead atoms. The minimum atomic E-state index is 0.342. The molecule has 0 saturated carbocycles. The predicted octanol–water partition coefficient (Wildman–Crippen LogP) is 4.67. The first-order chi connectivity index (χ1) is 9.65. The Morgan fingerprint density at radius 3 is 2.55 bits per heavy atom. The zero-order valence-electron chi connectivity index (χ0n) is 13.0. The van der Waals surface area contributed by atoms with Gasteiger partial charge in [-0.3, -0.25) is 0 Å². The summed E-state index contributed by atoms with van der Waals surface area (Å²) in [5.41, 5.74) is 3.80. The summed E-state index contributed by atoms with van der Waals surface area (Å²) < 4.78 is 13.6. The van der Waals surface area contributed by atoms with E-state index in [9.17, 15) is 0 Å². The predicted molar refractivity (Wildman–Crippen MR) is 88.3 cm³/mol. The van der Waals surface area contributed by atoms with E-state index in [0.29, 0.717) is 13.4 Å². The SMILES string of the molecule is CC.COCOCCn1c(Br)c(C)c2ccc(C)cc21. The standard InChI is InChI=1S/C14H18BrNO2.C2H6/c1-10-4-5-12-11(2)14(15)16(13(12)8-10)6-7-18-9-17-3;1-2/h4-5,8H,6-7,9H2,1-3H3;1-2H3. The molecule has 2 aromatic rings. The highest BCUT2D eigenvalue weighted by Gasteiger charge is 2.11. The minimum absolute atomic E-state index is 0.342. The van der Waals surface area contributed by atoms with E-state index in [1.165, 1.54) is 22.0 Å². The van der Waals surface area contributed by atoms with Crippen molar-refractivity contribution in [3.8, 4) is 0 Å². The van der Waals surface area contributed by atoms with Crippen LogP contribution in [0.3, 0.4) is 0 Å². The second-order valence-electron chi connectivity index (χ2n) is 4.40. The number of methoxy groups -OCH3 is 1. The zero-order chi connectivity index (χ0) is 15.1. The molecule has 0 spiro atoms. The Balaban J connectivity index is 0.000000956. The lowest BCUT2D eigenvalue weighted by Crippen LogP contribution is -2.07. The lowest BCUT2D eigenvalue weighted by molar-refractivity contribution is -0.0328. The highest BCUT2D eigenvalue weighted by atomic mass is 79.9. The van der Waals surface area contributed by atoms with Crippen LogP contribution in [0.25, 0.3) is 10.9 Å². The summed E-state index contributed by atoms with van der Waals surface area (Å²) in [5.74, 6) is 0. The maximum Gasteiger partial charge on any atom is 0.146 e. The lowest BCUT2D eigenvalue weighted by atomic mass is 10.1. The molecule has 0 aliphatic heterocycles. The molecule has 0 radical (unpaired) electrons. The van der Waals surface area contributed by atoms with Crippen molar-refractivity contribution < 1.29 is 9.47 Å². The van der Waals surface area contributed by atoms with Gasteiger partial charge in [0.2, 0.25) is 0 Å². The smallest absolute Gasteiger partial charge is 0.146 e. The maximum atomic E-state index is 5.37. The van der Waals surface area contributed by atoms with Crippen molar-refractivity contribution in [2.45, 2.75) is 34.2 Å². The number of aryl methyl sites for hydroxylation is 2. The normalized spacial score (nSPS) is 10.5. The molecule has 0 unspecified atom stereocenters. The first-order valence-corrected chi connectivity index (χ1v) is 7.76. The molecule has 0 fully saturated rings. The van der Waals surface area contributed by atoms with E-state index >= 15 is 0 Å². The summed E-state index contributed by atoms with van der Waals surface area (Å²) in [7, 11) is 1.63. The molecule has 0 aliphatic rings. The third-order valence-corrected chi connectivity index (χ3v) is 4.08. The Hall–Kier alpha value is -0.840. The van der Waals surface area contributed by atoms with Gasteiger partial charge in [-0.2, -0.15) is 0 Å². The van der Waals surface area contributed by atoms with Crippen LogP contribution in [0.2, 0.25) is 0 Å². The van der Waals surface area contributed by atoms with Crippen LogP contribution in [-0.2, 0) is 16.0 Å². The van der Waals surface area contributed by atoms with Crippen molar-refractivity contribution in [2.24, 2.45) is 0 Å². The number of ether oxygens (including phenoxy) is 2. The van der Waals surface area contributed by atoms with Crippen molar-refractivity contribution in [2.75, 3.05) is 20.5 Å². The fraction of sp³-hybridized carbons (Fsp3) is 0.500. The van der Waals surface area contributed by atoms with Crippen molar-refractivity contribution in [1.29, 1.82) is 0 Å². The molecular weight excluding hydrogens is 318 g/mol. The molecule has 1 aromatic carbocycles. The molecule has 4 heteroatoms. The molecular formula is C16H24BrNO2. The maximum absolute atomic E-state index is 5.37. The summed E-state index contributed by atoms with van der Waals surface area (Å²) in [5, 5.41) is 1.29. The molecule has 0 aliphatic carbocycles. The molecule has 0 N–H and O–H groups in total. The molecule has 3 nitrogen and oxygen atoms in total. The first kappa shape index (κ1) is 17.2. The van der Waals surface area contributed by atoms with E-state index in [0.717, 1.165) is 11.1 Å². The number of benzene rings is 1. The number of hydrogen-bond acceptors (Lipinski definition) is 2. The van der Waals surface area contributed by atoms with Crippen LogP contribution in [0.5, 0.6) is 0 Å². The van der Waals surface area contributed by atoms with E-state index in [-0.39, 0.29) is 0 Å². The van der Waals surface area contributed by atoms with Gasteiger partial charge in [0, 0.05) is 24.6 Å². The third kappa shape index (κ3) is 3.84. The Labute approximate surface area is 130 Å². The Bertz CT molecular complexity index is 549. The molecule has 112 valence electrons. The van der Waals surface area contributed by atoms with Crippen molar-refractivity contribution in [3.05, 3.63) is 33.9 Å². The van der Waals surface area contributed by atoms with Gasteiger partial charge in [0.1, 0.15) is 6.79 Å². The molecule has 0 amide bonds. The number of nitrogens with zero attached hydrogens (tertiary/aromatic N) is 1. The zero-order valence-corrected chi connectivity index (χ0v) is 14.6. The molecule has 2 rings (SSSR count). The number of fused-ring (bicyclic) bond motifs is 1. The van der Waals surface area contributed by atoms with Gasteiger partial charge in [0.25, 0.3) is 0 Å². The number of rotatable bonds is 5. The van der Waals surface area contributed by atoms with Crippen molar-refractivity contribution in [1.82, 2.24) is 4.57 Å². The molecule has 1 heterocycles. The van der Waals surface area contributed by atoms with Crippen LogP contribution in [-0.4, -0.2) is 25.1 Å². The number of aromatic nitrogens is 1. The van der Waals surface area contributed by atoms with Gasteiger partial charge in [-0.1, -0.05) is 26.0 Å². The van der Waals surface area contributed by atoms with Gasteiger partial charge >= 0.3 is 0 Å². The van der Waals surface area contributed by atoms with E-state index < -0.39 is 0 Å². The van der Waals surface area contributed by atoms with Crippen LogP contribution in [0, 0.1) is 13.8 Å². The van der Waals surface area contributed by atoms with Crippen LogP contribution in [0.1, 0.15) is 25.0 Å². The van der Waals surface area contributed by atoms with Gasteiger partial charge in [-0.25, -0.2) is 0 Å². The van der Waals surface area contributed by atoms with Gasteiger partial charge in [-0.15, -0.1) is 0 Å². The summed E-state index contributed by atoms with van der Waals surface area (Å²) >= 11 is 3.66. The minimum Gasteiger partial charge on any atom is -0.359 e. The number of hydrogen-bond donors (Lipinski definition) is 0. The van der Waals surface area contributed by atoms with Gasteiger partial charge in [0.05, 0.1) is 11.2 Å². The molecule has 20 heavy (non-hydrogen) atoms. The second-order valence-corrected chi connectivity index (χ2v) is 5.15. The third-order valence-electron chi connectivity index (χ3n) is 3.05. The number of halogens is 1. The van der Waals surface area contributed by atoms with Crippen LogP contribution in [0.15, 0.2) is 22.8 Å². The van der Waals surface area contributed by atoms with Crippen LogP contribution >= 0.6 is 15.9 Å². The fourth-order valence-electron chi connectivity index (χ4n) is 2.12. The molecule has 0 atom stereocenters. The van der Waals surface area contributed by atoms with E-state index in [2.05, 4.69) is 52.5 Å². The Kier molecular flexibility index (Phi) is 7.27. The van der Waals surface area contributed by atoms with E-state index in [1.807, 2.05) is 13.8 Å². The fourth-order valence-corrected chi connectivity index (χ4v) is 2.70. The van der Waals surface area contributed by atoms with Crippen molar-refractivity contribution >= 4 is 26.8 Å². The highest BCUT2D eigenvalue weighted by molar-refractivity contribution is 9.10. The topological polar surface area (TPSA) is 23.4 Å². The van der Waals surface area contributed by atoms with Crippen molar-refractivity contribution in [3.63, 3.8) is 0 Å².